The Labute approximate surface area is 126 Å². The summed E-state index contributed by atoms with van der Waals surface area (Å²) in [7, 11) is 0. The zero-order chi connectivity index (χ0) is 15.2. The van der Waals surface area contributed by atoms with Crippen molar-refractivity contribution in [3.05, 3.63) is 18.2 Å². The van der Waals surface area contributed by atoms with E-state index in [9.17, 15) is 9.90 Å². The Balaban J connectivity index is 1.97. The molecule has 1 aliphatic rings. The number of imidazole rings is 1. The van der Waals surface area contributed by atoms with Crippen LogP contribution in [0, 0.1) is 11.8 Å². The summed E-state index contributed by atoms with van der Waals surface area (Å²) in [5.74, 6) is -0.910. The summed E-state index contributed by atoms with van der Waals surface area (Å²) in [6, 6.07) is 0.547. The topological polar surface area (TPSA) is 81.1 Å². The maximum Gasteiger partial charge on any atom is 0.306 e. The standard InChI is InChI=1S/C16H27N3O2/c1-12(9-17)7-13(16(20)21)8-14-10-19(11-18-14)15-5-3-2-4-6-15/h10-13,15H,2-9,17H2,1H3,(H,20,21)/t12-,13-/m0/s1. The lowest BCUT2D eigenvalue weighted by Crippen LogP contribution is -2.23. The van der Waals surface area contributed by atoms with Crippen molar-refractivity contribution in [3.63, 3.8) is 0 Å². The molecule has 1 aromatic heterocycles. The predicted molar refractivity (Wildman–Crippen MR) is 82.0 cm³/mol. The van der Waals surface area contributed by atoms with Gasteiger partial charge in [0, 0.05) is 18.7 Å². The molecule has 1 heterocycles. The Morgan fingerprint density at radius 3 is 2.81 bits per heavy atom. The van der Waals surface area contributed by atoms with Gasteiger partial charge in [-0.15, -0.1) is 0 Å². The number of aliphatic carboxylic acids is 1. The quantitative estimate of drug-likeness (QED) is 0.809. The van der Waals surface area contributed by atoms with Crippen LogP contribution in [-0.4, -0.2) is 27.2 Å². The number of carbonyl (C=O) groups is 1. The van der Waals surface area contributed by atoms with Crippen LogP contribution in [0.2, 0.25) is 0 Å². The summed E-state index contributed by atoms with van der Waals surface area (Å²) in [5, 5.41) is 9.36. The second-order valence-electron chi connectivity index (χ2n) is 6.42. The number of hydrogen-bond acceptors (Lipinski definition) is 3. The van der Waals surface area contributed by atoms with Crippen LogP contribution in [0.3, 0.4) is 0 Å². The van der Waals surface area contributed by atoms with Crippen molar-refractivity contribution in [1.82, 2.24) is 9.55 Å². The van der Waals surface area contributed by atoms with E-state index in [0.717, 1.165) is 5.69 Å². The lowest BCUT2D eigenvalue weighted by atomic mass is 9.92. The molecule has 3 N–H and O–H groups in total. The van der Waals surface area contributed by atoms with Crippen LogP contribution in [0.25, 0.3) is 0 Å². The number of nitrogens with two attached hydrogens (primary N) is 1. The van der Waals surface area contributed by atoms with E-state index in [1.165, 1.54) is 32.1 Å². The van der Waals surface area contributed by atoms with Gasteiger partial charge in [-0.2, -0.15) is 0 Å². The first kappa shape index (κ1) is 16.0. The molecule has 0 aliphatic heterocycles. The lowest BCUT2D eigenvalue weighted by molar-refractivity contribution is -0.142. The molecule has 0 saturated heterocycles. The number of nitrogens with zero attached hydrogens (tertiary/aromatic N) is 2. The van der Waals surface area contributed by atoms with Gasteiger partial charge in [-0.1, -0.05) is 26.2 Å². The molecular formula is C16H27N3O2. The number of aromatic nitrogens is 2. The predicted octanol–water partition coefficient (Wildman–Crippen LogP) is 2.62. The van der Waals surface area contributed by atoms with Crippen LogP contribution in [0.5, 0.6) is 0 Å². The average molecular weight is 293 g/mol. The van der Waals surface area contributed by atoms with E-state index in [1.54, 1.807) is 0 Å². The van der Waals surface area contributed by atoms with Crippen LogP contribution in [0.1, 0.15) is 57.2 Å². The third kappa shape index (κ3) is 4.56. The second-order valence-corrected chi connectivity index (χ2v) is 6.42. The molecule has 118 valence electrons. The van der Waals surface area contributed by atoms with E-state index < -0.39 is 11.9 Å². The number of carboxylic acid groups (broad SMARTS) is 1. The van der Waals surface area contributed by atoms with E-state index in [-0.39, 0.29) is 5.92 Å². The number of rotatable bonds is 7. The molecule has 1 aromatic rings. The first-order valence-corrected chi connectivity index (χ1v) is 8.05. The maximum absolute atomic E-state index is 11.4. The van der Waals surface area contributed by atoms with Crippen LogP contribution < -0.4 is 5.73 Å². The van der Waals surface area contributed by atoms with E-state index in [1.807, 2.05) is 19.4 Å². The summed E-state index contributed by atoms with van der Waals surface area (Å²) < 4.78 is 2.18. The minimum absolute atomic E-state index is 0.228. The van der Waals surface area contributed by atoms with Crippen molar-refractivity contribution in [2.45, 2.75) is 57.9 Å². The molecule has 5 nitrogen and oxygen atoms in total. The summed E-state index contributed by atoms with van der Waals surface area (Å²) in [5.41, 5.74) is 6.49. The van der Waals surface area contributed by atoms with E-state index in [0.29, 0.717) is 25.4 Å². The van der Waals surface area contributed by atoms with Crippen LogP contribution >= 0.6 is 0 Å². The zero-order valence-electron chi connectivity index (χ0n) is 12.9. The Morgan fingerprint density at radius 1 is 1.48 bits per heavy atom. The van der Waals surface area contributed by atoms with Crippen molar-refractivity contribution in [3.8, 4) is 0 Å². The second kappa shape index (κ2) is 7.59. The fourth-order valence-electron chi connectivity index (χ4n) is 3.17. The summed E-state index contributed by atoms with van der Waals surface area (Å²) in [6.45, 7) is 2.52. The van der Waals surface area contributed by atoms with E-state index in [4.69, 9.17) is 5.73 Å². The van der Waals surface area contributed by atoms with Gasteiger partial charge in [0.2, 0.25) is 0 Å². The first-order chi connectivity index (χ1) is 10.1. The van der Waals surface area contributed by atoms with Crippen molar-refractivity contribution < 1.29 is 9.90 Å². The van der Waals surface area contributed by atoms with E-state index in [2.05, 4.69) is 9.55 Å². The van der Waals surface area contributed by atoms with Gasteiger partial charge < -0.3 is 15.4 Å². The highest BCUT2D eigenvalue weighted by molar-refractivity contribution is 5.70. The minimum atomic E-state index is -0.748. The Morgan fingerprint density at radius 2 is 2.19 bits per heavy atom. The Bertz CT molecular complexity index is 452. The van der Waals surface area contributed by atoms with Gasteiger partial charge in [0.1, 0.15) is 0 Å². The molecule has 0 unspecified atom stereocenters. The molecule has 2 atom stereocenters. The zero-order valence-corrected chi connectivity index (χ0v) is 12.9. The molecule has 2 rings (SSSR count). The molecule has 21 heavy (non-hydrogen) atoms. The smallest absolute Gasteiger partial charge is 0.306 e. The minimum Gasteiger partial charge on any atom is -0.481 e. The average Bonchev–Trinajstić information content (AvgIpc) is 2.95. The van der Waals surface area contributed by atoms with Gasteiger partial charge in [-0.3, -0.25) is 4.79 Å². The molecule has 0 radical (unpaired) electrons. The summed E-state index contributed by atoms with van der Waals surface area (Å²) >= 11 is 0. The number of carboxylic acids is 1. The van der Waals surface area contributed by atoms with Crippen LogP contribution in [0.4, 0.5) is 0 Å². The molecule has 1 saturated carbocycles. The normalized spacial score (nSPS) is 19.3. The molecule has 1 fully saturated rings. The van der Waals surface area contributed by atoms with Gasteiger partial charge in [-0.05, 0) is 31.7 Å². The van der Waals surface area contributed by atoms with Crippen molar-refractivity contribution in [2.75, 3.05) is 6.54 Å². The monoisotopic (exact) mass is 293 g/mol. The van der Waals surface area contributed by atoms with Gasteiger partial charge in [0.05, 0.1) is 17.9 Å². The van der Waals surface area contributed by atoms with Crippen molar-refractivity contribution >= 4 is 5.97 Å². The fraction of sp³-hybridized carbons (Fsp3) is 0.750. The highest BCUT2D eigenvalue weighted by Gasteiger charge is 2.22. The third-order valence-electron chi connectivity index (χ3n) is 4.55. The molecule has 5 heteroatoms. The molecule has 0 bridgehead atoms. The van der Waals surface area contributed by atoms with Gasteiger partial charge in [0.15, 0.2) is 0 Å². The lowest BCUT2D eigenvalue weighted by Gasteiger charge is -2.22. The van der Waals surface area contributed by atoms with Gasteiger partial charge >= 0.3 is 5.97 Å². The Kier molecular flexibility index (Phi) is 5.79. The van der Waals surface area contributed by atoms with Gasteiger partial charge in [0.25, 0.3) is 0 Å². The fourth-order valence-corrected chi connectivity index (χ4v) is 3.17. The van der Waals surface area contributed by atoms with E-state index >= 15 is 0 Å². The first-order valence-electron chi connectivity index (χ1n) is 8.05. The Hall–Kier alpha value is -1.36. The summed E-state index contributed by atoms with van der Waals surface area (Å²) in [4.78, 5) is 15.8. The van der Waals surface area contributed by atoms with Crippen molar-refractivity contribution in [2.24, 2.45) is 17.6 Å². The molecule has 0 amide bonds. The highest BCUT2D eigenvalue weighted by Crippen LogP contribution is 2.28. The van der Waals surface area contributed by atoms with Crippen LogP contribution in [0.15, 0.2) is 12.5 Å². The molecule has 1 aliphatic carbocycles. The molecular weight excluding hydrogens is 266 g/mol. The largest absolute Gasteiger partial charge is 0.481 e. The maximum atomic E-state index is 11.4. The molecule has 0 aromatic carbocycles. The highest BCUT2D eigenvalue weighted by atomic mass is 16.4. The molecule has 0 spiro atoms. The van der Waals surface area contributed by atoms with Crippen LogP contribution in [-0.2, 0) is 11.2 Å². The third-order valence-corrected chi connectivity index (χ3v) is 4.55. The number of hydrogen-bond donors (Lipinski definition) is 2. The summed E-state index contributed by atoms with van der Waals surface area (Å²) in [6.07, 6.45) is 11.3. The van der Waals surface area contributed by atoms with Crippen molar-refractivity contribution in [1.29, 1.82) is 0 Å². The van der Waals surface area contributed by atoms with Gasteiger partial charge in [-0.25, -0.2) is 4.98 Å². The SMILES string of the molecule is C[C@H](CN)C[C@@H](Cc1cn(C2CCCCC2)cn1)C(=O)O.